The van der Waals surface area contributed by atoms with Crippen LogP contribution < -0.4 is 5.32 Å². The van der Waals surface area contributed by atoms with Crippen molar-refractivity contribution in [2.75, 3.05) is 0 Å². The molecule has 0 radical (unpaired) electrons. The molecule has 1 rings (SSSR count). The van der Waals surface area contributed by atoms with Crippen molar-refractivity contribution in [3.8, 4) is 12.3 Å². The second-order valence-electron chi connectivity index (χ2n) is 3.82. The van der Waals surface area contributed by atoms with Crippen LogP contribution in [0.4, 0.5) is 8.78 Å². The number of halogens is 2. The molecule has 0 heterocycles. The third kappa shape index (κ3) is 2.57. The monoisotopic (exact) mass is 223 g/mol. The molecule has 0 spiro atoms. The summed E-state index contributed by atoms with van der Waals surface area (Å²) in [7, 11) is 0. The minimum atomic E-state index is -0.953. The maximum Gasteiger partial charge on any atom is 0.258 e. The van der Waals surface area contributed by atoms with Crippen molar-refractivity contribution in [1.29, 1.82) is 0 Å². The van der Waals surface area contributed by atoms with Crippen LogP contribution in [-0.2, 0) is 0 Å². The van der Waals surface area contributed by atoms with Gasteiger partial charge in [0, 0.05) is 0 Å². The lowest BCUT2D eigenvalue weighted by molar-refractivity contribution is 0.0921. The summed E-state index contributed by atoms with van der Waals surface area (Å²) in [6.45, 7) is 3.12. The first kappa shape index (κ1) is 12.2. The molecule has 84 valence electrons. The number of hydrogen-bond donors (Lipinski definition) is 1. The summed E-state index contributed by atoms with van der Waals surface area (Å²) in [4.78, 5) is 11.6. The molecule has 0 aliphatic carbocycles. The molecule has 1 aromatic rings. The van der Waals surface area contributed by atoms with E-state index in [0.29, 0.717) is 0 Å². The minimum Gasteiger partial charge on any atom is -0.336 e. The second-order valence-corrected chi connectivity index (χ2v) is 3.82. The van der Waals surface area contributed by atoms with E-state index in [2.05, 4.69) is 11.2 Å². The average molecular weight is 223 g/mol. The molecule has 1 amide bonds. The van der Waals surface area contributed by atoms with Crippen LogP contribution in [0.5, 0.6) is 0 Å². The zero-order valence-corrected chi connectivity index (χ0v) is 8.97. The molecular formula is C12H11F2NO. The van der Waals surface area contributed by atoms with Gasteiger partial charge in [0.05, 0.1) is 5.54 Å². The Morgan fingerprint density at radius 3 is 2.31 bits per heavy atom. The molecule has 0 saturated heterocycles. The third-order valence-corrected chi connectivity index (χ3v) is 1.98. The third-order valence-electron chi connectivity index (χ3n) is 1.98. The van der Waals surface area contributed by atoms with Crippen LogP contribution in [0.15, 0.2) is 18.2 Å². The van der Waals surface area contributed by atoms with E-state index in [4.69, 9.17) is 6.42 Å². The number of hydrogen-bond acceptors (Lipinski definition) is 1. The van der Waals surface area contributed by atoms with Crippen molar-refractivity contribution in [3.05, 3.63) is 35.4 Å². The van der Waals surface area contributed by atoms with Gasteiger partial charge in [0.2, 0.25) is 0 Å². The fourth-order valence-electron chi connectivity index (χ4n) is 1.10. The molecule has 0 aliphatic rings. The summed E-state index contributed by atoms with van der Waals surface area (Å²) in [5.41, 5.74) is -1.57. The number of rotatable bonds is 2. The van der Waals surface area contributed by atoms with Gasteiger partial charge in [-0.05, 0) is 26.0 Å². The van der Waals surface area contributed by atoms with Crippen LogP contribution in [0.3, 0.4) is 0 Å². The van der Waals surface area contributed by atoms with E-state index < -0.39 is 28.6 Å². The van der Waals surface area contributed by atoms with Gasteiger partial charge in [-0.1, -0.05) is 12.0 Å². The molecule has 0 aliphatic heterocycles. The van der Waals surface area contributed by atoms with Gasteiger partial charge in [-0.15, -0.1) is 6.42 Å². The van der Waals surface area contributed by atoms with E-state index in [1.807, 2.05) is 0 Å². The number of amides is 1. The highest BCUT2D eigenvalue weighted by atomic mass is 19.1. The SMILES string of the molecule is C#CC(C)(C)NC(=O)c1c(F)cccc1F. The maximum atomic E-state index is 13.2. The average Bonchev–Trinajstić information content (AvgIpc) is 2.16. The molecule has 2 nitrogen and oxygen atoms in total. The van der Waals surface area contributed by atoms with Crippen LogP contribution >= 0.6 is 0 Å². The highest BCUT2D eigenvalue weighted by molar-refractivity contribution is 5.95. The van der Waals surface area contributed by atoms with Crippen molar-refractivity contribution < 1.29 is 13.6 Å². The van der Waals surface area contributed by atoms with Gasteiger partial charge in [-0.2, -0.15) is 0 Å². The Hall–Kier alpha value is -1.89. The Bertz CT molecular complexity index is 440. The number of benzene rings is 1. The van der Waals surface area contributed by atoms with E-state index in [-0.39, 0.29) is 0 Å². The number of carbonyl (C=O) groups excluding carboxylic acids is 1. The van der Waals surface area contributed by atoms with Gasteiger partial charge in [-0.3, -0.25) is 4.79 Å². The molecule has 1 N–H and O–H groups in total. The first-order chi connectivity index (χ1) is 7.37. The molecule has 1 aromatic carbocycles. The number of terminal acetylenes is 1. The number of nitrogens with one attached hydrogen (secondary N) is 1. The van der Waals surface area contributed by atoms with Crippen molar-refractivity contribution >= 4 is 5.91 Å². The quantitative estimate of drug-likeness (QED) is 0.764. The van der Waals surface area contributed by atoms with Crippen LogP contribution in [0, 0.1) is 24.0 Å². The zero-order chi connectivity index (χ0) is 12.3. The van der Waals surface area contributed by atoms with Gasteiger partial charge in [0.15, 0.2) is 0 Å². The molecule has 16 heavy (non-hydrogen) atoms. The Kier molecular flexibility index (Phi) is 3.28. The predicted octanol–water partition coefficient (Wildman–Crippen LogP) is 2.11. The van der Waals surface area contributed by atoms with E-state index in [9.17, 15) is 13.6 Å². The van der Waals surface area contributed by atoms with E-state index >= 15 is 0 Å². The van der Waals surface area contributed by atoms with Crippen LogP contribution in [0.25, 0.3) is 0 Å². The predicted molar refractivity (Wildman–Crippen MR) is 56.7 cm³/mol. The fourth-order valence-corrected chi connectivity index (χ4v) is 1.10. The molecule has 0 aromatic heterocycles. The Labute approximate surface area is 92.7 Å². The summed E-state index contributed by atoms with van der Waals surface area (Å²) in [5, 5.41) is 2.35. The maximum absolute atomic E-state index is 13.2. The van der Waals surface area contributed by atoms with E-state index in [1.54, 1.807) is 13.8 Å². The molecular weight excluding hydrogens is 212 g/mol. The Morgan fingerprint density at radius 2 is 1.88 bits per heavy atom. The van der Waals surface area contributed by atoms with Crippen LogP contribution in [0.1, 0.15) is 24.2 Å². The van der Waals surface area contributed by atoms with Crippen molar-refractivity contribution in [3.63, 3.8) is 0 Å². The normalized spacial score (nSPS) is 10.7. The van der Waals surface area contributed by atoms with Gasteiger partial charge in [0.1, 0.15) is 17.2 Å². The van der Waals surface area contributed by atoms with Gasteiger partial charge in [-0.25, -0.2) is 8.78 Å². The van der Waals surface area contributed by atoms with E-state index in [0.717, 1.165) is 12.1 Å². The molecule has 0 unspecified atom stereocenters. The van der Waals surface area contributed by atoms with Crippen molar-refractivity contribution in [2.24, 2.45) is 0 Å². The lowest BCUT2D eigenvalue weighted by Gasteiger charge is -2.19. The van der Waals surface area contributed by atoms with Crippen LogP contribution in [0.2, 0.25) is 0 Å². The summed E-state index contributed by atoms with van der Waals surface area (Å²) < 4.78 is 26.5. The van der Waals surface area contributed by atoms with Gasteiger partial charge in [0.25, 0.3) is 5.91 Å². The lowest BCUT2D eigenvalue weighted by atomic mass is 10.1. The smallest absolute Gasteiger partial charge is 0.258 e. The molecule has 0 bridgehead atoms. The van der Waals surface area contributed by atoms with Crippen molar-refractivity contribution in [1.82, 2.24) is 5.32 Å². The molecule has 0 atom stereocenters. The largest absolute Gasteiger partial charge is 0.336 e. The van der Waals surface area contributed by atoms with Crippen molar-refractivity contribution in [2.45, 2.75) is 19.4 Å². The molecule has 0 saturated carbocycles. The Morgan fingerprint density at radius 1 is 1.38 bits per heavy atom. The lowest BCUT2D eigenvalue weighted by Crippen LogP contribution is -2.42. The topological polar surface area (TPSA) is 29.1 Å². The molecule has 4 heteroatoms. The van der Waals surface area contributed by atoms with Crippen LogP contribution in [-0.4, -0.2) is 11.4 Å². The highest BCUT2D eigenvalue weighted by Gasteiger charge is 2.22. The standard InChI is InChI=1S/C12H11F2NO/c1-4-12(2,3)15-11(16)10-8(13)6-5-7-9(10)14/h1,5-7H,2-3H3,(H,15,16). The number of carbonyl (C=O) groups is 1. The zero-order valence-electron chi connectivity index (χ0n) is 8.97. The first-order valence-corrected chi connectivity index (χ1v) is 4.61. The van der Waals surface area contributed by atoms with Gasteiger partial charge >= 0.3 is 0 Å². The second kappa shape index (κ2) is 4.31. The highest BCUT2D eigenvalue weighted by Crippen LogP contribution is 2.13. The summed E-state index contributed by atoms with van der Waals surface area (Å²) in [6.07, 6.45) is 5.16. The summed E-state index contributed by atoms with van der Waals surface area (Å²) in [5.74, 6) is -0.382. The minimum absolute atomic E-state index is 0.620. The Balaban J connectivity index is 3.04. The first-order valence-electron chi connectivity index (χ1n) is 4.61. The summed E-state index contributed by atoms with van der Waals surface area (Å²) >= 11 is 0. The van der Waals surface area contributed by atoms with Gasteiger partial charge < -0.3 is 5.32 Å². The summed E-state index contributed by atoms with van der Waals surface area (Å²) in [6, 6.07) is 3.22. The molecule has 0 fully saturated rings. The fraction of sp³-hybridized carbons (Fsp3) is 0.250. The van der Waals surface area contributed by atoms with E-state index in [1.165, 1.54) is 6.07 Å².